The van der Waals surface area contributed by atoms with Gasteiger partial charge in [0, 0.05) is 25.7 Å². The summed E-state index contributed by atoms with van der Waals surface area (Å²) in [6, 6.07) is 0.374. The molecule has 1 N–H and O–H groups in total. The number of aryl methyl sites for hydroxylation is 1. The predicted molar refractivity (Wildman–Crippen MR) is 82.6 cm³/mol. The maximum atomic E-state index is 12.0. The van der Waals surface area contributed by atoms with Crippen molar-refractivity contribution in [1.82, 2.24) is 14.7 Å². The van der Waals surface area contributed by atoms with Crippen LogP contribution in [0.5, 0.6) is 0 Å². The SMILES string of the molecule is CCCn1ncc(NC2CCN(CC)CC2)c(Cl)c1=O. The number of hydrogen-bond donors (Lipinski definition) is 1. The van der Waals surface area contributed by atoms with Gasteiger partial charge in [-0.15, -0.1) is 0 Å². The van der Waals surface area contributed by atoms with Gasteiger partial charge in [-0.2, -0.15) is 5.10 Å². The first-order valence-corrected chi connectivity index (χ1v) is 7.78. The molecule has 0 atom stereocenters. The Morgan fingerprint density at radius 3 is 2.70 bits per heavy atom. The van der Waals surface area contributed by atoms with Crippen LogP contribution in [0.3, 0.4) is 0 Å². The highest BCUT2D eigenvalue weighted by Crippen LogP contribution is 2.20. The molecule has 0 aromatic carbocycles. The monoisotopic (exact) mass is 298 g/mol. The third-order valence-electron chi connectivity index (χ3n) is 3.81. The van der Waals surface area contributed by atoms with E-state index < -0.39 is 0 Å². The molecular weight excluding hydrogens is 276 g/mol. The molecule has 0 amide bonds. The van der Waals surface area contributed by atoms with Crippen molar-refractivity contribution in [2.75, 3.05) is 25.0 Å². The fourth-order valence-electron chi connectivity index (χ4n) is 2.55. The Balaban J connectivity index is 2.03. The smallest absolute Gasteiger partial charge is 0.287 e. The van der Waals surface area contributed by atoms with E-state index in [1.807, 2.05) is 6.92 Å². The Morgan fingerprint density at radius 2 is 2.10 bits per heavy atom. The van der Waals surface area contributed by atoms with Crippen LogP contribution in [0.15, 0.2) is 11.0 Å². The fraction of sp³-hybridized carbons (Fsp3) is 0.714. The molecule has 2 rings (SSSR count). The van der Waals surface area contributed by atoms with Crippen molar-refractivity contribution in [2.45, 2.75) is 45.7 Å². The molecule has 0 aliphatic carbocycles. The van der Waals surface area contributed by atoms with Crippen molar-refractivity contribution in [3.8, 4) is 0 Å². The molecule has 0 unspecified atom stereocenters. The molecule has 0 saturated carbocycles. The maximum absolute atomic E-state index is 12.0. The lowest BCUT2D eigenvalue weighted by atomic mass is 10.1. The third-order valence-corrected chi connectivity index (χ3v) is 4.18. The van der Waals surface area contributed by atoms with E-state index in [1.54, 1.807) is 6.20 Å². The van der Waals surface area contributed by atoms with E-state index >= 15 is 0 Å². The average molecular weight is 299 g/mol. The number of anilines is 1. The molecule has 6 heteroatoms. The zero-order valence-electron chi connectivity index (χ0n) is 12.2. The van der Waals surface area contributed by atoms with Gasteiger partial charge in [-0.1, -0.05) is 25.4 Å². The van der Waals surface area contributed by atoms with Gasteiger partial charge in [-0.25, -0.2) is 4.68 Å². The summed E-state index contributed by atoms with van der Waals surface area (Å²) in [6.45, 7) is 8.08. The van der Waals surface area contributed by atoms with Crippen LogP contribution in [-0.2, 0) is 6.54 Å². The molecule has 0 radical (unpaired) electrons. The van der Waals surface area contributed by atoms with Crippen molar-refractivity contribution < 1.29 is 0 Å². The Morgan fingerprint density at radius 1 is 1.40 bits per heavy atom. The Bertz CT molecular complexity index is 494. The van der Waals surface area contributed by atoms with Crippen LogP contribution >= 0.6 is 11.6 Å². The van der Waals surface area contributed by atoms with Crippen LogP contribution < -0.4 is 10.9 Å². The molecule has 2 heterocycles. The minimum atomic E-state index is -0.204. The van der Waals surface area contributed by atoms with Crippen LogP contribution in [0.4, 0.5) is 5.69 Å². The summed E-state index contributed by atoms with van der Waals surface area (Å²) in [4.78, 5) is 14.5. The van der Waals surface area contributed by atoms with Gasteiger partial charge < -0.3 is 10.2 Å². The van der Waals surface area contributed by atoms with Gasteiger partial charge in [0.05, 0.1) is 11.9 Å². The first-order chi connectivity index (χ1) is 9.65. The largest absolute Gasteiger partial charge is 0.380 e. The number of aromatic nitrogens is 2. The summed E-state index contributed by atoms with van der Waals surface area (Å²) >= 11 is 6.16. The van der Waals surface area contributed by atoms with E-state index in [2.05, 4.69) is 22.2 Å². The van der Waals surface area contributed by atoms with Crippen molar-refractivity contribution in [1.29, 1.82) is 0 Å². The molecular formula is C14H23ClN4O. The summed E-state index contributed by atoms with van der Waals surface area (Å²) in [5.41, 5.74) is 0.462. The van der Waals surface area contributed by atoms with Crippen LogP contribution in [0, 0.1) is 0 Å². The van der Waals surface area contributed by atoms with E-state index in [9.17, 15) is 4.79 Å². The molecule has 1 aliphatic heterocycles. The summed E-state index contributed by atoms with van der Waals surface area (Å²) in [6.07, 6.45) is 4.68. The number of nitrogens with zero attached hydrogens (tertiary/aromatic N) is 3. The molecule has 0 bridgehead atoms. The lowest BCUT2D eigenvalue weighted by Gasteiger charge is -2.32. The minimum Gasteiger partial charge on any atom is -0.380 e. The summed E-state index contributed by atoms with van der Waals surface area (Å²) in [5.74, 6) is 0. The quantitative estimate of drug-likeness (QED) is 0.905. The number of halogens is 1. The van der Waals surface area contributed by atoms with Crippen LogP contribution in [0.25, 0.3) is 0 Å². The van der Waals surface area contributed by atoms with Crippen LogP contribution in [0.2, 0.25) is 5.02 Å². The fourth-order valence-corrected chi connectivity index (χ4v) is 2.75. The number of nitrogens with one attached hydrogen (secondary N) is 1. The Labute approximate surface area is 124 Å². The van der Waals surface area contributed by atoms with Gasteiger partial charge in [0.1, 0.15) is 5.02 Å². The second-order valence-corrected chi connectivity index (χ2v) is 5.63. The molecule has 1 fully saturated rings. The van der Waals surface area contributed by atoms with Gasteiger partial charge in [-0.3, -0.25) is 4.79 Å². The second kappa shape index (κ2) is 7.09. The summed E-state index contributed by atoms with van der Waals surface area (Å²) in [7, 11) is 0. The van der Waals surface area contributed by atoms with Crippen molar-refractivity contribution in [2.24, 2.45) is 0 Å². The lowest BCUT2D eigenvalue weighted by Crippen LogP contribution is -2.39. The van der Waals surface area contributed by atoms with E-state index in [-0.39, 0.29) is 10.6 Å². The molecule has 1 aliphatic rings. The van der Waals surface area contributed by atoms with Gasteiger partial charge in [0.2, 0.25) is 0 Å². The van der Waals surface area contributed by atoms with E-state index in [0.29, 0.717) is 18.3 Å². The van der Waals surface area contributed by atoms with E-state index in [4.69, 9.17) is 11.6 Å². The topological polar surface area (TPSA) is 50.2 Å². The van der Waals surface area contributed by atoms with Crippen LogP contribution in [-0.4, -0.2) is 40.4 Å². The first-order valence-electron chi connectivity index (χ1n) is 7.40. The molecule has 5 nitrogen and oxygen atoms in total. The molecule has 1 saturated heterocycles. The van der Waals surface area contributed by atoms with Gasteiger partial charge in [-0.05, 0) is 25.8 Å². The standard InChI is InChI=1S/C14H23ClN4O/c1-3-7-19-14(20)13(15)12(10-16-19)17-11-5-8-18(4-2)9-6-11/h10-11,17H,3-9H2,1-2H3. The Hall–Kier alpha value is -1.07. The molecule has 112 valence electrons. The molecule has 20 heavy (non-hydrogen) atoms. The molecule has 1 aromatic heterocycles. The van der Waals surface area contributed by atoms with E-state index in [1.165, 1.54) is 4.68 Å². The van der Waals surface area contributed by atoms with Crippen LogP contribution in [0.1, 0.15) is 33.1 Å². The maximum Gasteiger partial charge on any atom is 0.287 e. The lowest BCUT2D eigenvalue weighted by molar-refractivity contribution is 0.229. The van der Waals surface area contributed by atoms with Gasteiger partial charge in [0.25, 0.3) is 5.56 Å². The molecule has 0 spiro atoms. The number of hydrogen-bond acceptors (Lipinski definition) is 4. The third kappa shape index (κ3) is 3.52. The highest BCUT2D eigenvalue weighted by Gasteiger charge is 2.19. The zero-order valence-corrected chi connectivity index (χ0v) is 13.0. The second-order valence-electron chi connectivity index (χ2n) is 5.25. The highest BCUT2D eigenvalue weighted by molar-refractivity contribution is 6.32. The number of rotatable bonds is 5. The van der Waals surface area contributed by atoms with E-state index in [0.717, 1.165) is 38.9 Å². The first kappa shape index (κ1) is 15.3. The number of likely N-dealkylation sites (tertiary alicyclic amines) is 1. The van der Waals surface area contributed by atoms with Gasteiger partial charge in [0.15, 0.2) is 0 Å². The summed E-state index contributed by atoms with van der Waals surface area (Å²) < 4.78 is 1.42. The summed E-state index contributed by atoms with van der Waals surface area (Å²) in [5, 5.41) is 7.80. The average Bonchev–Trinajstić information content (AvgIpc) is 2.48. The van der Waals surface area contributed by atoms with Crippen molar-refractivity contribution >= 4 is 17.3 Å². The highest BCUT2D eigenvalue weighted by atomic mass is 35.5. The van der Waals surface area contributed by atoms with Crippen molar-refractivity contribution in [3.05, 3.63) is 21.6 Å². The molecule has 1 aromatic rings. The predicted octanol–water partition coefficient (Wildman–Crippen LogP) is 2.20. The number of piperidine rings is 1. The Kier molecular flexibility index (Phi) is 5.43. The van der Waals surface area contributed by atoms with Crippen molar-refractivity contribution in [3.63, 3.8) is 0 Å². The normalized spacial score (nSPS) is 17.4. The minimum absolute atomic E-state index is 0.204. The van der Waals surface area contributed by atoms with Gasteiger partial charge >= 0.3 is 0 Å². The zero-order chi connectivity index (χ0) is 14.5.